The van der Waals surface area contributed by atoms with Crippen LogP contribution in [-0.2, 0) is 4.79 Å². The van der Waals surface area contributed by atoms with E-state index in [1.165, 1.54) is 5.56 Å². The molecule has 2 heterocycles. The van der Waals surface area contributed by atoms with Gasteiger partial charge in [0.05, 0.1) is 6.54 Å². The molecule has 1 saturated heterocycles. The molecule has 1 aromatic carbocycles. The summed E-state index contributed by atoms with van der Waals surface area (Å²) in [6, 6.07) is 12.1. The predicted octanol–water partition coefficient (Wildman–Crippen LogP) is 1.48. The van der Waals surface area contributed by atoms with Gasteiger partial charge in [-0.15, -0.1) is 0 Å². The maximum Gasteiger partial charge on any atom is 0.236 e. The van der Waals surface area contributed by atoms with Crippen molar-refractivity contribution in [1.29, 1.82) is 0 Å². The Morgan fingerprint density at radius 1 is 1.08 bits per heavy atom. The molecule has 1 fully saturated rings. The number of nitrogens with zero attached hydrogens (tertiary/aromatic N) is 4. The zero-order valence-electron chi connectivity index (χ0n) is 13.9. The summed E-state index contributed by atoms with van der Waals surface area (Å²) >= 11 is 0. The van der Waals surface area contributed by atoms with Gasteiger partial charge in [0.2, 0.25) is 11.9 Å². The molecule has 6 heteroatoms. The Hall–Kier alpha value is -2.47. The Labute approximate surface area is 142 Å². The molecule has 1 aliphatic heterocycles. The fourth-order valence-electron chi connectivity index (χ4n) is 2.82. The first-order chi connectivity index (χ1) is 11.7. The van der Waals surface area contributed by atoms with E-state index in [0.717, 1.165) is 19.0 Å². The standard InChI is InChI=1S/C18H23N5O/c1-15(16-6-3-2-4-7-16)21-14-17(24)22-10-12-23(13-11-22)18-19-8-5-9-20-18/h2-9,15,21H,10-14H2,1H3/t15-/m1/s1. The van der Waals surface area contributed by atoms with Gasteiger partial charge in [-0.2, -0.15) is 0 Å². The number of rotatable bonds is 5. The minimum atomic E-state index is 0.145. The maximum absolute atomic E-state index is 12.4. The Bertz CT molecular complexity index is 641. The van der Waals surface area contributed by atoms with Crippen LogP contribution in [0.2, 0.25) is 0 Å². The third-order valence-corrected chi connectivity index (χ3v) is 4.33. The summed E-state index contributed by atoms with van der Waals surface area (Å²) in [6.45, 7) is 5.39. The number of hydrogen-bond donors (Lipinski definition) is 1. The smallest absolute Gasteiger partial charge is 0.236 e. The zero-order chi connectivity index (χ0) is 16.8. The van der Waals surface area contributed by atoms with Gasteiger partial charge in [0.1, 0.15) is 0 Å². The molecule has 0 bridgehead atoms. The monoisotopic (exact) mass is 325 g/mol. The average Bonchev–Trinajstić information content (AvgIpc) is 2.67. The molecule has 24 heavy (non-hydrogen) atoms. The molecule has 3 rings (SSSR count). The molecule has 1 N–H and O–H groups in total. The lowest BCUT2D eigenvalue weighted by molar-refractivity contribution is -0.130. The van der Waals surface area contributed by atoms with Crippen molar-refractivity contribution in [3.8, 4) is 0 Å². The minimum Gasteiger partial charge on any atom is -0.338 e. The molecule has 0 radical (unpaired) electrons. The van der Waals surface area contributed by atoms with E-state index in [-0.39, 0.29) is 11.9 Å². The van der Waals surface area contributed by atoms with Crippen molar-refractivity contribution in [3.63, 3.8) is 0 Å². The van der Waals surface area contributed by atoms with Crippen LogP contribution < -0.4 is 10.2 Å². The zero-order valence-corrected chi connectivity index (χ0v) is 13.9. The summed E-state index contributed by atoms with van der Waals surface area (Å²) in [4.78, 5) is 24.9. The van der Waals surface area contributed by atoms with Gasteiger partial charge in [-0.05, 0) is 18.6 Å². The molecule has 6 nitrogen and oxygen atoms in total. The van der Waals surface area contributed by atoms with Crippen LogP contribution in [0.15, 0.2) is 48.8 Å². The topological polar surface area (TPSA) is 61.4 Å². The first-order valence-electron chi connectivity index (χ1n) is 8.32. The second kappa shape index (κ2) is 7.88. The van der Waals surface area contributed by atoms with Crippen LogP contribution in [0.4, 0.5) is 5.95 Å². The number of amides is 1. The van der Waals surface area contributed by atoms with Crippen LogP contribution in [0.1, 0.15) is 18.5 Å². The number of nitrogens with one attached hydrogen (secondary N) is 1. The van der Waals surface area contributed by atoms with Gasteiger partial charge in [0.15, 0.2) is 0 Å². The van der Waals surface area contributed by atoms with Crippen molar-refractivity contribution in [2.75, 3.05) is 37.6 Å². The highest BCUT2D eigenvalue weighted by Crippen LogP contribution is 2.12. The van der Waals surface area contributed by atoms with E-state index >= 15 is 0 Å². The number of aromatic nitrogens is 2. The second-order valence-corrected chi connectivity index (χ2v) is 5.93. The van der Waals surface area contributed by atoms with E-state index in [0.29, 0.717) is 19.6 Å². The van der Waals surface area contributed by atoms with Gasteiger partial charge in [0.25, 0.3) is 0 Å². The molecule has 1 atom stereocenters. The van der Waals surface area contributed by atoms with Gasteiger partial charge in [0, 0.05) is 44.6 Å². The fraction of sp³-hybridized carbons (Fsp3) is 0.389. The molecule has 1 amide bonds. The van der Waals surface area contributed by atoms with Gasteiger partial charge >= 0.3 is 0 Å². The van der Waals surface area contributed by atoms with Crippen LogP contribution in [0.5, 0.6) is 0 Å². The Kier molecular flexibility index (Phi) is 5.38. The number of carbonyl (C=O) groups is 1. The molecule has 1 aliphatic rings. The van der Waals surface area contributed by atoms with Gasteiger partial charge in [-0.3, -0.25) is 4.79 Å². The van der Waals surface area contributed by atoms with E-state index in [2.05, 4.69) is 39.2 Å². The maximum atomic E-state index is 12.4. The van der Waals surface area contributed by atoms with Gasteiger partial charge in [-0.25, -0.2) is 9.97 Å². The highest BCUT2D eigenvalue weighted by Gasteiger charge is 2.22. The molecular weight excluding hydrogens is 302 g/mol. The minimum absolute atomic E-state index is 0.145. The SMILES string of the molecule is C[C@@H](NCC(=O)N1CCN(c2ncccn2)CC1)c1ccccc1. The van der Waals surface area contributed by atoms with Crippen molar-refractivity contribution in [2.45, 2.75) is 13.0 Å². The van der Waals surface area contributed by atoms with Gasteiger partial charge < -0.3 is 15.1 Å². The van der Waals surface area contributed by atoms with Crippen LogP contribution >= 0.6 is 0 Å². The van der Waals surface area contributed by atoms with Crippen LogP contribution in [-0.4, -0.2) is 53.5 Å². The first kappa shape index (κ1) is 16.4. The lowest BCUT2D eigenvalue weighted by Crippen LogP contribution is -2.51. The van der Waals surface area contributed by atoms with E-state index in [9.17, 15) is 4.79 Å². The van der Waals surface area contributed by atoms with Crippen molar-refractivity contribution in [3.05, 3.63) is 54.4 Å². The number of piperazine rings is 1. The second-order valence-electron chi connectivity index (χ2n) is 5.93. The quantitative estimate of drug-likeness (QED) is 0.902. The molecular formula is C18H23N5O. The van der Waals surface area contributed by atoms with E-state index in [1.807, 2.05) is 29.2 Å². The Balaban J connectivity index is 1.45. The third kappa shape index (κ3) is 4.08. The first-order valence-corrected chi connectivity index (χ1v) is 8.32. The molecule has 1 aromatic heterocycles. The molecule has 0 unspecified atom stereocenters. The fourth-order valence-corrected chi connectivity index (χ4v) is 2.82. The molecule has 2 aromatic rings. The van der Waals surface area contributed by atoms with Crippen LogP contribution in [0.3, 0.4) is 0 Å². The number of anilines is 1. The Morgan fingerprint density at radius 3 is 2.42 bits per heavy atom. The van der Waals surface area contributed by atoms with Crippen LogP contribution in [0, 0.1) is 0 Å². The van der Waals surface area contributed by atoms with E-state index < -0.39 is 0 Å². The average molecular weight is 325 g/mol. The van der Waals surface area contributed by atoms with E-state index in [4.69, 9.17) is 0 Å². The number of hydrogen-bond acceptors (Lipinski definition) is 5. The number of carbonyl (C=O) groups excluding carboxylic acids is 1. The summed E-state index contributed by atoms with van der Waals surface area (Å²) in [5.74, 6) is 0.881. The highest BCUT2D eigenvalue weighted by molar-refractivity contribution is 5.78. The molecule has 0 saturated carbocycles. The summed E-state index contributed by atoms with van der Waals surface area (Å²) < 4.78 is 0. The normalized spacial score (nSPS) is 16.0. The summed E-state index contributed by atoms with van der Waals surface area (Å²) in [7, 11) is 0. The van der Waals surface area contributed by atoms with Crippen molar-refractivity contribution in [1.82, 2.24) is 20.2 Å². The molecule has 0 spiro atoms. The van der Waals surface area contributed by atoms with Crippen LogP contribution in [0.25, 0.3) is 0 Å². The molecule has 126 valence electrons. The van der Waals surface area contributed by atoms with Crippen molar-refractivity contribution in [2.24, 2.45) is 0 Å². The lowest BCUT2D eigenvalue weighted by Gasteiger charge is -2.35. The highest BCUT2D eigenvalue weighted by atomic mass is 16.2. The van der Waals surface area contributed by atoms with Gasteiger partial charge in [-0.1, -0.05) is 30.3 Å². The third-order valence-electron chi connectivity index (χ3n) is 4.33. The Morgan fingerprint density at radius 2 is 1.75 bits per heavy atom. The largest absolute Gasteiger partial charge is 0.338 e. The van der Waals surface area contributed by atoms with Crippen molar-refractivity contribution >= 4 is 11.9 Å². The van der Waals surface area contributed by atoms with E-state index in [1.54, 1.807) is 12.4 Å². The summed E-state index contributed by atoms with van der Waals surface area (Å²) in [5.41, 5.74) is 1.19. The lowest BCUT2D eigenvalue weighted by atomic mass is 10.1. The summed E-state index contributed by atoms with van der Waals surface area (Å²) in [6.07, 6.45) is 3.49. The number of benzene rings is 1. The summed E-state index contributed by atoms with van der Waals surface area (Å²) in [5, 5.41) is 3.31. The predicted molar refractivity (Wildman–Crippen MR) is 93.7 cm³/mol. The van der Waals surface area contributed by atoms with Crippen molar-refractivity contribution < 1.29 is 4.79 Å². The molecule has 0 aliphatic carbocycles.